The van der Waals surface area contributed by atoms with E-state index in [2.05, 4.69) is 0 Å². The Balaban J connectivity index is 3.02. The Labute approximate surface area is 106 Å². The van der Waals surface area contributed by atoms with Gasteiger partial charge in [-0.25, -0.2) is 8.42 Å². The number of hydrogen-bond acceptors (Lipinski definition) is 4. The van der Waals surface area contributed by atoms with Crippen LogP contribution < -0.4 is 0 Å². The van der Waals surface area contributed by atoms with Crippen molar-refractivity contribution in [2.24, 2.45) is 0 Å². The maximum atomic E-state index is 11.7. The molecule has 1 rings (SSSR count). The van der Waals surface area contributed by atoms with E-state index in [1.54, 1.807) is 24.3 Å². The van der Waals surface area contributed by atoms with E-state index in [9.17, 15) is 13.5 Å². The van der Waals surface area contributed by atoms with Gasteiger partial charge in [-0.3, -0.25) is 0 Å². The monoisotopic (exact) mass is 278 g/mol. The summed E-state index contributed by atoms with van der Waals surface area (Å²) in [6.07, 6.45) is -1.25. The van der Waals surface area contributed by atoms with Crippen molar-refractivity contribution >= 4 is 21.4 Å². The van der Waals surface area contributed by atoms with Gasteiger partial charge in [0, 0.05) is 10.8 Å². The molecule has 2 N–H and O–H groups in total. The largest absolute Gasteiger partial charge is 0.395 e. The minimum absolute atomic E-state index is 0.122. The van der Waals surface area contributed by atoms with Crippen molar-refractivity contribution in [2.45, 2.75) is 18.3 Å². The summed E-state index contributed by atoms with van der Waals surface area (Å²) in [7, 11) is -3.50. The topological polar surface area (TPSA) is 74.6 Å². The van der Waals surface area contributed by atoms with Crippen LogP contribution in [0.5, 0.6) is 0 Å². The molecule has 96 valence electrons. The summed E-state index contributed by atoms with van der Waals surface area (Å²) in [6, 6.07) is 6.21. The van der Waals surface area contributed by atoms with E-state index in [1.165, 1.54) is 6.92 Å². The van der Waals surface area contributed by atoms with Gasteiger partial charge in [-0.1, -0.05) is 30.7 Å². The van der Waals surface area contributed by atoms with Crippen molar-refractivity contribution in [1.29, 1.82) is 0 Å². The fourth-order valence-corrected chi connectivity index (χ4v) is 2.83. The van der Waals surface area contributed by atoms with E-state index < -0.39 is 27.8 Å². The van der Waals surface area contributed by atoms with Crippen LogP contribution >= 0.6 is 11.6 Å². The smallest absolute Gasteiger partial charge is 0.158 e. The van der Waals surface area contributed by atoms with Crippen LogP contribution in [-0.2, 0) is 9.84 Å². The summed E-state index contributed by atoms with van der Waals surface area (Å²) in [4.78, 5) is 0. The number of halogens is 1. The fraction of sp³-hybridized carbons (Fsp3) is 0.455. The van der Waals surface area contributed by atoms with Crippen molar-refractivity contribution in [3.8, 4) is 0 Å². The van der Waals surface area contributed by atoms with Crippen molar-refractivity contribution in [3.05, 3.63) is 34.9 Å². The normalized spacial score (nSPS) is 15.5. The van der Waals surface area contributed by atoms with Gasteiger partial charge in [0.15, 0.2) is 9.84 Å². The van der Waals surface area contributed by atoms with Gasteiger partial charge in [-0.2, -0.15) is 0 Å². The molecule has 0 aliphatic rings. The lowest BCUT2D eigenvalue weighted by Crippen LogP contribution is -2.33. The molecule has 1 aromatic rings. The van der Waals surface area contributed by atoms with Gasteiger partial charge in [-0.15, -0.1) is 0 Å². The van der Waals surface area contributed by atoms with Gasteiger partial charge in [0.25, 0.3) is 0 Å². The van der Waals surface area contributed by atoms with Crippen LogP contribution in [0.3, 0.4) is 0 Å². The van der Waals surface area contributed by atoms with E-state index in [-0.39, 0.29) is 5.75 Å². The Morgan fingerprint density at radius 1 is 1.29 bits per heavy atom. The Kier molecular flexibility index (Phi) is 4.94. The van der Waals surface area contributed by atoms with E-state index >= 15 is 0 Å². The summed E-state index contributed by atoms with van der Waals surface area (Å²) < 4.78 is 23.3. The molecule has 0 amide bonds. The molecule has 0 spiro atoms. The molecule has 6 heteroatoms. The molecule has 0 bridgehead atoms. The maximum Gasteiger partial charge on any atom is 0.158 e. The Bertz CT molecular complexity index is 455. The molecule has 2 unspecified atom stereocenters. The van der Waals surface area contributed by atoms with Crippen LogP contribution in [0.4, 0.5) is 0 Å². The standard InChI is InChI=1S/C11H15ClO4S/c1-2-17(15,16)10(7-13)11(14)8-3-5-9(12)6-4-8/h3-6,10-11,13-14H,2,7H2,1H3. The lowest BCUT2D eigenvalue weighted by molar-refractivity contribution is 0.138. The molecule has 0 radical (unpaired) electrons. The lowest BCUT2D eigenvalue weighted by Gasteiger charge is -2.20. The number of sulfone groups is 1. The summed E-state index contributed by atoms with van der Waals surface area (Å²) >= 11 is 5.70. The summed E-state index contributed by atoms with van der Waals surface area (Å²) in [5.74, 6) is -0.122. The summed E-state index contributed by atoms with van der Waals surface area (Å²) in [5, 5.41) is 18.4. The fourth-order valence-electron chi connectivity index (χ4n) is 1.50. The second-order valence-electron chi connectivity index (χ2n) is 3.67. The number of rotatable bonds is 5. The zero-order chi connectivity index (χ0) is 13.1. The van der Waals surface area contributed by atoms with Crippen molar-refractivity contribution in [1.82, 2.24) is 0 Å². The van der Waals surface area contributed by atoms with Gasteiger partial charge in [0.2, 0.25) is 0 Å². The van der Waals surface area contributed by atoms with E-state index in [4.69, 9.17) is 16.7 Å². The van der Waals surface area contributed by atoms with Gasteiger partial charge >= 0.3 is 0 Å². The van der Waals surface area contributed by atoms with Gasteiger partial charge in [0.1, 0.15) is 5.25 Å². The highest BCUT2D eigenvalue weighted by molar-refractivity contribution is 7.92. The van der Waals surface area contributed by atoms with Crippen molar-refractivity contribution in [3.63, 3.8) is 0 Å². The zero-order valence-electron chi connectivity index (χ0n) is 9.38. The highest BCUT2D eigenvalue weighted by Gasteiger charge is 2.31. The van der Waals surface area contributed by atoms with E-state index in [0.717, 1.165) is 0 Å². The molecular formula is C11H15ClO4S. The third-order valence-electron chi connectivity index (χ3n) is 2.61. The SMILES string of the molecule is CCS(=O)(=O)C(CO)C(O)c1ccc(Cl)cc1. The molecule has 0 fully saturated rings. The second-order valence-corrected chi connectivity index (χ2v) is 6.61. The third kappa shape index (κ3) is 3.42. The van der Waals surface area contributed by atoms with Gasteiger partial charge in [-0.05, 0) is 17.7 Å². The first-order chi connectivity index (χ1) is 7.92. The predicted molar refractivity (Wildman–Crippen MR) is 66.7 cm³/mol. The highest BCUT2D eigenvalue weighted by Crippen LogP contribution is 2.23. The van der Waals surface area contributed by atoms with Crippen molar-refractivity contribution in [2.75, 3.05) is 12.4 Å². The maximum absolute atomic E-state index is 11.7. The molecule has 4 nitrogen and oxygen atoms in total. The average molecular weight is 279 g/mol. The third-order valence-corrected chi connectivity index (χ3v) is 4.99. The van der Waals surface area contributed by atoms with Crippen LogP contribution in [0.15, 0.2) is 24.3 Å². The average Bonchev–Trinajstić information content (AvgIpc) is 2.30. The molecule has 17 heavy (non-hydrogen) atoms. The van der Waals surface area contributed by atoms with E-state index in [1.807, 2.05) is 0 Å². The number of hydrogen-bond donors (Lipinski definition) is 2. The van der Waals surface area contributed by atoms with Gasteiger partial charge in [0.05, 0.1) is 12.7 Å². The van der Waals surface area contributed by atoms with Crippen LogP contribution in [0.2, 0.25) is 5.02 Å². The molecule has 2 atom stereocenters. The predicted octanol–water partition coefficient (Wildman–Crippen LogP) is 1.17. The Morgan fingerprint density at radius 3 is 2.24 bits per heavy atom. The Hall–Kier alpha value is -0.620. The number of aliphatic hydroxyl groups excluding tert-OH is 2. The minimum atomic E-state index is -3.50. The first kappa shape index (κ1) is 14.4. The minimum Gasteiger partial charge on any atom is -0.395 e. The molecule has 0 aliphatic heterocycles. The van der Waals surface area contributed by atoms with E-state index in [0.29, 0.717) is 10.6 Å². The molecule has 0 heterocycles. The van der Waals surface area contributed by atoms with Gasteiger partial charge < -0.3 is 10.2 Å². The molecule has 0 saturated carbocycles. The molecular weight excluding hydrogens is 264 g/mol. The van der Waals surface area contributed by atoms with Crippen LogP contribution in [0, 0.1) is 0 Å². The lowest BCUT2D eigenvalue weighted by atomic mass is 10.1. The number of benzene rings is 1. The second kappa shape index (κ2) is 5.82. The van der Waals surface area contributed by atoms with Crippen LogP contribution in [-0.4, -0.2) is 36.2 Å². The summed E-state index contributed by atoms with van der Waals surface area (Å²) in [5.41, 5.74) is 0.422. The molecule has 0 aromatic heterocycles. The number of aliphatic hydroxyl groups is 2. The molecule has 0 saturated heterocycles. The molecule has 0 aliphatic carbocycles. The molecule has 1 aromatic carbocycles. The zero-order valence-corrected chi connectivity index (χ0v) is 10.9. The quantitative estimate of drug-likeness (QED) is 0.848. The first-order valence-corrected chi connectivity index (χ1v) is 7.27. The van der Waals surface area contributed by atoms with Crippen LogP contribution in [0.1, 0.15) is 18.6 Å². The summed E-state index contributed by atoms with van der Waals surface area (Å²) in [6.45, 7) is 0.868. The first-order valence-electron chi connectivity index (χ1n) is 5.18. The van der Waals surface area contributed by atoms with Crippen LogP contribution in [0.25, 0.3) is 0 Å². The van der Waals surface area contributed by atoms with Crippen molar-refractivity contribution < 1.29 is 18.6 Å². The Morgan fingerprint density at radius 2 is 1.82 bits per heavy atom. The highest BCUT2D eigenvalue weighted by atomic mass is 35.5.